The Bertz CT molecular complexity index is 580. The first-order valence-electron chi connectivity index (χ1n) is 6.95. The second kappa shape index (κ2) is 4.26. The molecule has 0 radical (unpaired) electrons. The van der Waals surface area contributed by atoms with E-state index in [9.17, 15) is 4.79 Å². The van der Waals surface area contributed by atoms with Crippen molar-refractivity contribution in [1.82, 2.24) is 0 Å². The zero-order chi connectivity index (χ0) is 14.7. The predicted octanol–water partition coefficient (Wildman–Crippen LogP) is 0.899. The molecule has 1 aromatic carbocycles. The van der Waals surface area contributed by atoms with Gasteiger partial charge in [-0.3, -0.25) is 9.53 Å². The summed E-state index contributed by atoms with van der Waals surface area (Å²) >= 11 is 0. The molecule has 6 heteroatoms. The normalized spacial score (nSPS) is 46.0. The molecule has 4 aliphatic rings. The van der Waals surface area contributed by atoms with E-state index in [1.54, 1.807) is 12.1 Å². The molecule has 5 atom stereocenters. The number of carbonyl (C=O) groups excluding carboxylic acids is 1. The number of hydrogen-bond acceptors (Lipinski definition) is 6. The Morgan fingerprint density at radius 1 is 1.40 bits per heavy atom. The van der Waals surface area contributed by atoms with E-state index in [-0.39, 0.29) is 6.61 Å². The summed E-state index contributed by atoms with van der Waals surface area (Å²) in [7, 11) is 0. The molecular weight excluding hydrogens is 264 g/mol. The van der Waals surface area contributed by atoms with Crippen LogP contribution in [0, 0.1) is 0 Å². The lowest BCUT2D eigenvalue weighted by atomic mass is 10.1. The molecule has 106 valence electrons. The van der Waals surface area contributed by atoms with Crippen LogP contribution in [-0.4, -0.2) is 37.2 Å². The van der Waals surface area contributed by atoms with Crippen LogP contribution in [0.3, 0.4) is 0 Å². The van der Waals surface area contributed by atoms with Crippen LogP contribution in [0.25, 0.3) is 0 Å². The monoisotopic (exact) mass is 279 g/mol. The van der Waals surface area contributed by atoms with Crippen molar-refractivity contribution in [3.05, 3.63) is 35.9 Å². The van der Waals surface area contributed by atoms with Gasteiger partial charge >= 0.3 is 11.9 Å². The van der Waals surface area contributed by atoms with Crippen LogP contribution in [0.2, 0.25) is 0 Å². The summed E-state index contributed by atoms with van der Waals surface area (Å²) < 4.78 is 36.3. The maximum absolute atomic E-state index is 11.2. The lowest BCUT2D eigenvalue weighted by Crippen LogP contribution is -2.36. The van der Waals surface area contributed by atoms with Crippen LogP contribution in [0.4, 0.5) is 0 Å². The van der Waals surface area contributed by atoms with Gasteiger partial charge in [0.25, 0.3) is 0 Å². The van der Waals surface area contributed by atoms with Gasteiger partial charge in [-0.25, -0.2) is 0 Å². The van der Waals surface area contributed by atoms with Crippen LogP contribution in [-0.2, 0) is 34.5 Å². The number of carbonyl (C=O) groups is 1. The van der Waals surface area contributed by atoms with Gasteiger partial charge in [-0.2, -0.15) is 0 Å². The van der Waals surface area contributed by atoms with Crippen molar-refractivity contribution in [1.29, 1.82) is 0 Å². The van der Waals surface area contributed by atoms with E-state index in [1.807, 2.05) is 18.2 Å². The molecule has 4 aliphatic heterocycles. The second-order valence-electron chi connectivity index (χ2n) is 4.92. The third kappa shape index (κ3) is 1.69. The van der Waals surface area contributed by atoms with Crippen molar-refractivity contribution in [2.75, 3.05) is 6.61 Å². The maximum Gasteiger partial charge on any atom is 0.315 e. The predicted molar refractivity (Wildman–Crippen MR) is 64.2 cm³/mol. The lowest BCUT2D eigenvalue weighted by molar-refractivity contribution is -0.349. The van der Waals surface area contributed by atoms with Crippen LogP contribution in [0.15, 0.2) is 30.3 Å². The average molecular weight is 279 g/mol. The molecule has 4 fully saturated rings. The highest BCUT2D eigenvalue weighted by atomic mass is 17.0. The molecule has 6 nitrogen and oxygen atoms in total. The molecule has 0 aliphatic carbocycles. The van der Waals surface area contributed by atoms with Crippen molar-refractivity contribution >= 4 is 5.97 Å². The van der Waals surface area contributed by atoms with E-state index in [1.165, 1.54) is 6.92 Å². The molecule has 1 aromatic rings. The van der Waals surface area contributed by atoms with E-state index >= 15 is 0 Å². The number of esters is 1. The van der Waals surface area contributed by atoms with Crippen molar-refractivity contribution < 1.29 is 29.8 Å². The minimum Gasteiger partial charge on any atom is -0.457 e. The smallest absolute Gasteiger partial charge is 0.315 e. The fraction of sp³-hybridized carbons (Fsp3) is 0.500. The number of ether oxygens (including phenoxy) is 5. The summed E-state index contributed by atoms with van der Waals surface area (Å²) in [5.74, 6) is -1.95. The topological polar surface area (TPSA) is 63.2 Å². The van der Waals surface area contributed by atoms with Crippen molar-refractivity contribution in [2.45, 2.75) is 37.5 Å². The molecule has 0 aromatic heterocycles. The largest absolute Gasteiger partial charge is 0.457 e. The molecule has 0 amide bonds. The van der Waals surface area contributed by atoms with E-state index in [0.717, 1.165) is 0 Å². The standard InChI is InChI=1S/C14H14O6/c1-8(15)17-11-10-7-16-14(9-5-3-2-4-6-9)19-12(11)13(18-10)20-14/h2-6,10-13H,7H2,1H3/t10-,11-,12+,13+,14+/m1/s1/i13D. The first kappa shape index (κ1) is 11.2. The quantitative estimate of drug-likeness (QED) is 0.749. The number of benzene rings is 1. The average Bonchev–Trinajstić information content (AvgIpc) is 2.72. The minimum atomic E-state index is -1.74. The Morgan fingerprint density at radius 2 is 2.20 bits per heavy atom. The molecule has 4 bridgehead atoms. The van der Waals surface area contributed by atoms with Gasteiger partial charge in [0.05, 0.1) is 7.98 Å². The summed E-state index contributed by atoms with van der Waals surface area (Å²) in [4.78, 5) is 11.2. The number of hydrogen-bond donors (Lipinski definition) is 0. The molecule has 0 spiro atoms. The molecule has 4 saturated heterocycles. The van der Waals surface area contributed by atoms with Gasteiger partial charge in [0.1, 0.15) is 6.10 Å². The molecular formula is C14H14O6. The van der Waals surface area contributed by atoms with Crippen LogP contribution < -0.4 is 0 Å². The van der Waals surface area contributed by atoms with E-state index in [4.69, 9.17) is 25.1 Å². The molecule has 20 heavy (non-hydrogen) atoms. The second-order valence-corrected chi connectivity index (χ2v) is 4.92. The summed E-state index contributed by atoms with van der Waals surface area (Å²) in [6.45, 7) is 1.42. The SMILES string of the molecule is [2H][C@@]12O[C@@H]3CO[C@@](c4ccccc4)(O[C@H]1[C@@H]3OC(C)=O)O2. The third-order valence-corrected chi connectivity index (χ3v) is 3.55. The Kier molecular flexibility index (Phi) is 2.39. The van der Waals surface area contributed by atoms with E-state index in [0.29, 0.717) is 5.56 Å². The lowest BCUT2D eigenvalue weighted by Gasteiger charge is -2.25. The van der Waals surface area contributed by atoms with Crippen LogP contribution in [0.5, 0.6) is 0 Å². The fourth-order valence-electron chi connectivity index (χ4n) is 2.70. The molecule has 5 rings (SSSR count). The fourth-order valence-corrected chi connectivity index (χ4v) is 2.70. The van der Waals surface area contributed by atoms with Crippen LogP contribution in [0.1, 0.15) is 13.9 Å². The van der Waals surface area contributed by atoms with Gasteiger partial charge in [0.15, 0.2) is 18.5 Å². The number of fused-ring (bicyclic) bond motifs is 1. The Hall–Kier alpha value is -1.47. The summed E-state index contributed by atoms with van der Waals surface area (Å²) in [5.41, 5.74) is 0.636. The highest BCUT2D eigenvalue weighted by molar-refractivity contribution is 5.66. The molecule has 0 N–H and O–H groups in total. The van der Waals surface area contributed by atoms with Crippen LogP contribution >= 0.6 is 0 Å². The Morgan fingerprint density at radius 3 is 2.95 bits per heavy atom. The van der Waals surface area contributed by atoms with Gasteiger partial charge in [-0.1, -0.05) is 30.3 Å². The first-order chi connectivity index (χ1) is 10.0. The molecule has 4 heterocycles. The minimum absolute atomic E-state index is 0.115. The van der Waals surface area contributed by atoms with Gasteiger partial charge in [0, 0.05) is 12.5 Å². The summed E-state index contributed by atoms with van der Waals surface area (Å²) in [6, 6.07) is 9.08. The summed E-state index contributed by atoms with van der Waals surface area (Å²) in [5, 5.41) is 0. The van der Waals surface area contributed by atoms with Gasteiger partial charge in [-0.05, 0) is 0 Å². The molecule has 0 saturated carbocycles. The summed E-state index contributed by atoms with van der Waals surface area (Å²) in [6.07, 6.45) is -3.89. The highest BCUT2D eigenvalue weighted by Crippen LogP contribution is 2.48. The first-order valence-corrected chi connectivity index (χ1v) is 6.45. The molecule has 0 unspecified atom stereocenters. The van der Waals surface area contributed by atoms with Gasteiger partial charge in [-0.15, -0.1) is 0 Å². The van der Waals surface area contributed by atoms with Crippen molar-refractivity contribution in [3.8, 4) is 0 Å². The van der Waals surface area contributed by atoms with Crippen molar-refractivity contribution in [2.24, 2.45) is 0 Å². The van der Waals surface area contributed by atoms with Crippen molar-refractivity contribution in [3.63, 3.8) is 0 Å². The van der Waals surface area contributed by atoms with Gasteiger partial charge in [0.2, 0.25) is 0 Å². The third-order valence-electron chi connectivity index (χ3n) is 3.55. The highest BCUT2D eigenvalue weighted by Gasteiger charge is 2.64. The Balaban J connectivity index is 1.73. The van der Waals surface area contributed by atoms with E-state index in [2.05, 4.69) is 0 Å². The zero-order valence-electron chi connectivity index (χ0n) is 11.8. The number of rotatable bonds is 2. The zero-order valence-corrected chi connectivity index (χ0v) is 10.8. The van der Waals surface area contributed by atoms with E-state index < -0.39 is 36.5 Å². The maximum atomic E-state index is 11.2. The van der Waals surface area contributed by atoms with Gasteiger partial charge < -0.3 is 18.9 Å². The Labute approximate surface area is 116 Å².